The summed E-state index contributed by atoms with van der Waals surface area (Å²) in [5, 5.41) is 14.0. The molecule has 0 aromatic rings. The molecule has 3 N–H and O–H groups in total. The molecule has 0 bridgehead atoms. The summed E-state index contributed by atoms with van der Waals surface area (Å²) in [7, 11) is 1.58. The van der Waals surface area contributed by atoms with Crippen LogP contribution >= 0.6 is 7.82 Å². The highest BCUT2D eigenvalue weighted by atomic mass is 31.2. The van der Waals surface area contributed by atoms with Gasteiger partial charge in [-0.2, -0.15) is 0 Å². The Bertz CT molecular complexity index is 1210. The first-order chi connectivity index (χ1) is 34.5. The van der Waals surface area contributed by atoms with Gasteiger partial charge in [-0.05, 0) is 44.9 Å². The fraction of sp³-hybridized carbons (Fsp3) is 0.919. The van der Waals surface area contributed by atoms with Crippen molar-refractivity contribution >= 4 is 13.7 Å². The fourth-order valence-corrected chi connectivity index (χ4v) is 10.2. The van der Waals surface area contributed by atoms with Crippen molar-refractivity contribution in [1.29, 1.82) is 0 Å². The topological polar surface area (TPSA) is 105 Å². The second-order valence-corrected chi connectivity index (χ2v) is 24.2. The highest BCUT2D eigenvalue weighted by Crippen LogP contribution is 2.43. The van der Waals surface area contributed by atoms with Crippen LogP contribution in [-0.4, -0.2) is 73.4 Å². The monoisotopic (exact) mass is 1020 g/mol. The molecule has 0 spiro atoms. The first-order valence-electron chi connectivity index (χ1n) is 31.2. The number of unbranched alkanes of at least 4 members (excludes halogenated alkanes) is 43. The third kappa shape index (κ3) is 56.5. The van der Waals surface area contributed by atoms with Crippen LogP contribution in [0.5, 0.6) is 0 Å². The lowest BCUT2D eigenvalue weighted by Crippen LogP contribution is -2.45. The largest absolute Gasteiger partial charge is 0.472 e. The number of amides is 1. The van der Waals surface area contributed by atoms with Crippen LogP contribution in [0.2, 0.25) is 0 Å². The van der Waals surface area contributed by atoms with E-state index in [0.717, 1.165) is 32.1 Å². The Balaban J connectivity index is 4.13. The Labute approximate surface area is 443 Å². The molecular weight excluding hydrogens is 900 g/mol. The molecule has 9 heteroatoms. The van der Waals surface area contributed by atoms with Crippen LogP contribution in [-0.2, 0) is 18.4 Å². The maximum atomic E-state index is 13.0. The van der Waals surface area contributed by atoms with Gasteiger partial charge < -0.3 is 19.8 Å². The average Bonchev–Trinajstić information content (AvgIpc) is 3.33. The van der Waals surface area contributed by atoms with Crippen molar-refractivity contribution in [2.45, 2.75) is 328 Å². The van der Waals surface area contributed by atoms with Gasteiger partial charge in [-0.15, -0.1) is 0 Å². The van der Waals surface area contributed by atoms with Crippen molar-refractivity contribution in [3.05, 3.63) is 24.3 Å². The quantitative estimate of drug-likeness (QED) is 0.0243. The van der Waals surface area contributed by atoms with Crippen LogP contribution in [0.4, 0.5) is 0 Å². The number of likely N-dealkylation sites (N-methyl/N-ethyl adjacent to an activating group) is 1. The predicted octanol–water partition coefficient (Wildman–Crippen LogP) is 19.2. The van der Waals surface area contributed by atoms with Crippen LogP contribution in [0.25, 0.3) is 0 Å². The van der Waals surface area contributed by atoms with Gasteiger partial charge in [0.1, 0.15) is 13.2 Å². The Hall–Kier alpha value is -1.02. The zero-order valence-electron chi connectivity index (χ0n) is 48.2. The minimum atomic E-state index is -4.35. The zero-order valence-corrected chi connectivity index (χ0v) is 49.1. The first-order valence-corrected chi connectivity index (χ1v) is 32.7. The van der Waals surface area contributed by atoms with E-state index < -0.39 is 20.0 Å². The number of aliphatic hydroxyl groups excluding tert-OH is 1. The van der Waals surface area contributed by atoms with Gasteiger partial charge in [0.2, 0.25) is 5.91 Å². The van der Waals surface area contributed by atoms with E-state index in [0.29, 0.717) is 17.4 Å². The number of allylic oxidation sites excluding steroid dienone is 3. The molecule has 3 unspecified atom stereocenters. The van der Waals surface area contributed by atoms with Crippen molar-refractivity contribution in [1.82, 2.24) is 5.32 Å². The Kier molecular flexibility index (Phi) is 53.0. The van der Waals surface area contributed by atoms with Crippen LogP contribution in [0.1, 0.15) is 316 Å². The van der Waals surface area contributed by atoms with Gasteiger partial charge in [0.05, 0.1) is 39.9 Å². The number of nitrogens with one attached hydrogen (secondary N) is 1. The van der Waals surface area contributed by atoms with Gasteiger partial charge >= 0.3 is 7.82 Å². The molecule has 422 valence electrons. The summed E-state index contributed by atoms with van der Waals surface area (Å²) in [5.41, 5.74) is 0. The molecule has 1 amide bonds. The van der Waals surface area contributed by atoms with E-state index in [-0.39, 0.29) is 19.1 Å². The molecule has 8 nitrogen and oxygen atoms in total. The summed E-state index contributed by atoms with van der Waals surface area (Å²) in [6.45, 7) is 4.86. The van der Waals surface area contributed by atoms with Crippen LogP contribution in [0, 0.1) is 0 Å². The van der Waals surface area contributed by atoms with Crippen LogP contribution in [0.3, 0.4) is 0 Å². The molecule has 71 heavy (non-hydrogen) atoms. The molecule has 0 rings (SSSR count). The van der Waals surface area contributed by atoms with E-state index in [2.05, 4.69) is 31.3 Å². The maximum absolute atomic E-state index is 13.0. The van der Waals surface area contributed by atoms with Crippen LogP contribution in [0.15, 0.2) is 24.3 Å². The highest BCUT2D eigenvalue weighted by molar-refractivity contribution is 7.47. The number of rotatable bonds is 58. The van der Waals surface area contributed by atoms with E-state index in [9.17, 15) is 19.4 Å². The first kappa shape index (κ1) is 70.0. The summed E-state index contributed by atoms with van der Waals surface area (Å²) in [6.07, 6.45) is 68.6. The van der Waals surface area contributed by atoms with Crippen molar-refractivity contribution in [3.63, 3.8) is 0 Å². The van der Waals surface area contributed by atoms with Crippen molar-refractivity contribution < 1.29 is 32.9 Å². The molecule has 0 saturated heterocycles. The summed E-state index contributed by atoms with van der Waals surface area (Å²) in [6, 6.07) is -0.847. The highest BCUT2D eigenvalue weighted by Gasteiger charge is 2.27. The molecule has 0 radical (unpaired) electrons. The van der Waals surface area contributed by atoms with Gasteiger partial charge in [0, 0.05) is 6.42 Å². The van der Waals surface area contributed by atoms with Gasteiger partial charge in [0.15, 0.2) is 0 Å². The van der Waals surface area contributed by atoms with Gasteiger partial charge in [-0.3, -0.25) is 13.8 Å². The molecule has 3 atom stereocenters. The number of aliphatic hydroxyl groups is 1. The summed E-state index contributed by atoms with van der Waals surface area (Å²) in [5.74, 6) is -0.174. The van der Waals surface area contributed by atoms with Crippen molar-refractivity contribution in [3.8, 4) is 0 Å². The molecule has 0 fully saturated rings. The van der Waals surface area contributed by atoms with Gasteiger partial charge in [-0.1, -0.05) is 289 Å². The van der Waals surface area contributed by atoms with Crippen LogP contribution < -0.4 is 5.32 Å². The molecule has 0 aliphatic carbocycles. The van der Waals surface area contributed by atoms with E-state index in [1.165, 1.54) is 263 Å². The predicted molar refractivity (Wildman–Crippen MR) is 309 cm³/mol. The minimum Gasteiger partial charge on any atom is -0.387 e. The normalized spacial score (nSPS) is 14.0. The molecule has 0 saturated carbocycles. The number of carbonyl (C=O) groups excluding carboxylic acids is 1. The number of quaternary nitrogens is 1. The lowest BCUT2D eigenvalue weighted by atomic mass is 10.0. The molecule has 0 aliphatic rings. The number of nitrogens with zero attached hydrogens (tertiary/aromatic N) is 1. The number of phosphoric ester groups is 1. The average molecular weight is 1020 g/mol. The fourth-order valence-electron chi connectivity index (χ4n) is 9.51. The van der Waals surface area contributed by atoms with Gasteiger partial charge in [-0.25, -0.2) is 4.57 Å². The second kappa shape index (κ2) is 53.8. The summed E-state index contributed by atoms with van der Waals surface area (Å²) < 4.78 is 23.8. The lowest BCUT2D eigenvalue weighted by molar-refractivity contribution is -0.870. The Morgan fingerprint density at radius 1 is 0.465 bits per heavy atom. The maximum Gasteiger partial charge on any atom is 0.472 e. The van der Waals surface area contributed by atoms with Crippen molar-refractivity contribution in [2.75, 3.05) is 40.9 Å². The summed E-state index contributed by atoms with van der Waals surface area (Å²) >= 11 is 0. The third-order valence-corrected chi connectivity index (χ3v) is 15.4. The molecule has 0 aromatic carbocycles. The lowest BCUT2D eigenvalue weighted by Gasteiger charge is -2.25. The number of hydrogen-bond acceptors (Lipinski definition) is 5. The molecular formula is C62H124N2O6P+. The number of carbonyl (C=O) groups is 1. The zero-order chi connectivity index (χ0) is 52.0. The van der Waals surface area contributed by atoms with Crippen molar-refractivity contribution in [2.24, 2.45) is 0 Å². The summed E-state index contributed by atoms with van der Waals surface area (Å²) in [4.78, 5) is 23.3. The van der Waals surface area contributed by atoms with E-state index >= 15 is 0 Å². The molecule has 0 heterocycles. The smallest absolute Gasteiger partial charge is 0.387 e. The molecule has 0 aliphatic heterocycles. The molecule has 0 aromatic heterocycles. The Morgan fingerprint density at radius 3 is 1.08 bits per heavy atom. The Morgan fingerprint density at radius 2 is 0.761 bits per heavy atom. The van der Waals surface area contributed by atoms with E-state index in [1.807, 2.05) is 27.2 Å². The number of phosphoric acid groups is 1. The minimum absolute atomic E-state index is 0.0630. The van der Waals surface area contributed by atoms with E-state index in [1.54, 1.807) is 6.08 Å². The van der Waals surface area contributed by atoms with Gasteiger partial charge in [0.25, 0.3) is 0 Å². The standard InChI is InChI=1S/C62H123N2O6P/c1-6-8-10-12-14-16-18-20-22-24-26-28-29-30-31-32-33-34-36-37-39-41-43-45-47-49-51-53-55-61(65)60(59-70-71(67,68)69-58-57-64(3,4)5)63-62(66)56-54-52-50-48-46-44-42-40-38-35-27-25-23-21-19-17-15-13-11-9-7-2/h25,27,53,55,60-61,65H,6-24,26,28-52,54,56-59H2,1-5H3,(H-,63,66,67,68)/p+1/b27-25-,55-53+. The number of hydrogen-bond donors (Lipinski definition) is 3. The van der Waals surface area contributed by atoms with E-state index in [4.69, 9.17) is 9.05 Å². The second-order valence-electron chi connectivity index (χ2n) is 22.8. The third-order valence-electron chi connectivity index (χ3n) is 14.4. The SMILES string of the molecule is CCCCCCCCCC/C=C\CCCCCCCCCCCC(=O)NC(COP(=O)(O)OCC[N+](C)(C)C)C(O)/C=C/CCCCCCCCCCCCCCCCCCCCCCCCCCCC.